The molecule has 1 nitrogen and oxygen atoms in total. The van der Waals surface area contributed by atoms with Crippen molar-refractivity contribution in [1.29, 1.82) is 0 Å². The number of rotatable bonds is 14. The number of ether oxygens (including phenoxy) is 1. The molecule has 0 amide bonds. The average molecular weight is 417 g/mol. The molecule has 0 heterocycles. The maximum Gasteiger partial charge on any atom is 0.119 e. The van der Waals surface area contributed by atoms with Crippen LogP contribution >= 0.6 is 0 Å². The van der Waals surface area contributed by atoms with Crippen molar-refractivity contribution in [3.8, 4) is 17.6 Å². The van der Waals surface area contributed by atoms with Crippen LogP contribution in [0.2, 0.25) is 0 Å². The van der Waals surface area contributed by atoms with Gasteiger partial charge in [0.25, 0.3) is 0 Å². The van der Waals surface area contributed by atoms with Crippen molar-refractivity contribution in [2.75, 3.05) is 6.61 Å². The second-order valence-corrected chi connectivity index (χ2v) is 8.24. The molecule has 0 atom stereocenters. The molecule has 2 rings (SSSR count). The molecule has 0 saturated heterocycles. The van der Waals surface area contributed by atoms with Crippen LogP contribution in [0.5, 0.6) is 5.75 Å². The lowest BCUT2D eigenvalue weighted by Gasteiger charge is -2.03. The highest BCUT2D eigenvalue weighted by Gasteiger charge is 1.96. The normalized spacial score (nSPS) is 10.8. The summed E-state index contributed by atoms with van der Waals surface area (Å²) < 4.78 is 5.68. The topological polar surface area (TPSA) is 9.23 Å². The van der Waals surface area contributed by atoms with Crippen LogP contribution in [-0.4, -0.2) is 6.61 Å². The van der Waals surface area contributed by atoms with E-state index in [0.29, 0.717) is 6.61 Å². The quantitative estimate of drug-likeness (QED) is 0.170. The zero-order valence-electron chi connectivity index (χ0n) is 19.7. The van der Waals surface area contributed by atoms with Crippen molar-refractivity contribution < 1.29 is 4.74 Å². The van der Waals surface area contributed by atoms with Crippen LogP contribution in [0.3, 0.4) is 0 Å². The maximum atomic E-state index is 5.68. The molecule has 0 bridgehead atoms. The first-order chi connectivity index (χ1) is 15.3. The van der Waals surface area contributed by atoms with Gasteiger partial charge < -0.3 is 4.74 Å². The SMILES string of the molecule is CCC=CCOc1ccc(C#Cc2ccc(CCCCCCCCCCC)cc2)cc1. The van der Waals surface area contributed by atoms with Gasteiger partial charge in [0.2, 0.25) is 0 Å². The molecule has 0 radical (unpaired) electrons. The van der Waals surface area contributed by atoms with E-state index >= 15 is 0 Å². The molecule has 0 spiro atoms. The molecule has 0 aliphatic rings. The van der Waals surface area contributed by atoms with Gasteiger partial charge in [0.1, 0.15) is 12.4 Å². The molecular formula is C30H40O. The highest BCUT2D eigenvalue weighted by atomic mass is 16.5. The largest absolute Gasteiger partial charge is 0.490 e. The second kappa shape index (κ2) is 16.3. The Morgan fingerprint density at radius 1 is 0.645 bits per heavy atom. The van der Waals surface area contributed by atoms with Crippen LogP contribution in [0, 0.1) is 11.8 Å². The lowest BCUT2D eigenvalue weighted by Crippen LogP contribution is -1.92. The van der Waals surface area contributed by atoms with Gasteiger partial charge in [0, 0.05) is 11.1 Å². The Bertz CT molecular complexity index is 787. The number of allylic oxidation sites excluding steroid dienone is 1. The summed E-state index contributed by atoms with van der Waals surface area (Å²) >= 11 is 0. The molecular weight excluding hydrogens is 376 g/mol. The first-order valence-electron chi connectivity index (χ1n) is 12.3. The Morgan fingerprint density at radius 2 is 1.19 bits per heavy atom. The van der Waals surface area contributed by atoms with Gasteiger partial charge in [-0.2, -0.15) is 0 Å². The monoisotopic (exact) mass is 416 g/mol. The molecule has 0 unspecified atom stereocenters. The van der Waals surface area contributed by atoms with E-state index in [-0.39, 0.29) is 0 Å². The third-order valence-electron chi connectivity index (χ3n) is 5.48. The minimum atomic E-state index is 0.615. The number of hydrogen-bond acceptors (Lipinski definition) is 1. The Hall–Kier alpha value is -2.46. The Morgan fingerprint density at radius 3 is 1.77 bits per heavy atom. The zero-order chi connectivity index (χ0) is 22.0. The number of benzene rings is 2. The molecule has 0 N–H and O–H groups in total. The molecule has 166 valence electrons. The van der Waals surface area contributed by atoms with E-state index in [1.54, 1.807) is 0 Å². The predicted molar refractivity (Wildman–Crippen MR) is 135 cm³/mol. The summed E-state index contributed by atoms with van der Waals surface area (Å²) in [4.78, 5) is 0. The number of aryl methyl sites for hydroxylation is 1. The molecule has 0 aromatic heterocycles. The third-order valence-corrected chi connectivity index (χ3v) is 5.48. The fourth-order valence-corrected chi connectivity index (χ4v) is 3.55. The van der Waals surface area contributed by atoms with Gasteiger partial charge in [0.05, 0.1) is 0 Å². The second-order valence-electron chi connectivity index (χ2n) is 8.24. The lowest BCUT2D eigenvalue weighted by molar-refractivity contribution is 0.362. The standard InChI is InChI=1S/C30H40O/c1-3-5-7-8-9-10-11-12-13-15-27-16-18-28(19-17-27)20-21-29-22-24-30(25-23-29)31-26-14-6-4-2/h6,14,16-19,22-25H,3-5,7-13,15,26H2,1-2H3. The van der Waals surface area contributed by atoms with E-state index in [4.69, 9.17) is 4.74 Å². The summed E-state index contributed by atoms with van der Waals surface area (Å²) in [6.07, 6.45) is 18.8. The number of hydrogen-bond donors (Lipinski definition) is 0. The summed E-state index contributed by atoms with van der Waals surface area (Å²) in [5.74, 6) is 7.40. The van der Waals surface area contributed by atoms with Crippen LogP contribution in [-0.2, 0) is 6.42 Å². The minimum Gasteiger partial charge on any atom is -0.490 e. The van der Waals surface area contributed by atoms with Crippen molar-refractivity contribution >= 4 is 0 Å². The predicted octanol–water partition coefficient (Wildman–Crippen LogP) is 8.50. The van der Waals surface area contributed by atoms with E-state index in [2.05, 4.69) is 56.0 Å². The van der Waals surface area contributed by atoms with Crippen molar-refractivity contribution in [3.05, 3.63) is 77.4 Å². The van der Waals surface area contributed by atoms with Crippen molar-refractivity contribution in [2.45, 2.75) is 84.5 Å². The Balaban J connectivity index is 1.67. The fourth-order valence-electron chi connectivity index (χ4n) is 3.55. The first-order valence-corrected chi connectivity index (χ1v) is 12.3. The first kappa shape index (κ1) is 24.8. The van der Waals surface area contributed by atoms with Crippen LogP contribution < -0.4 is 4.74 Å². The van der Waals surface area contributed by atoms with Crippen LogP contribution in [0.4, 0.5) is 0 Å². The molecule has 0 aliphatic carbocycles. The zero-order valence-corrected chi connectivity index (χ0v) is 19.7. The average Bonchev–Trinajstić information content (AvgIpc) is 2.81. The Labute approximate surface area is 190 Å². The van der Waals surface area contributed by atoms with Crippen LogP contribution in [0.1, 0.15) is 94.7 Å². The van der Waals surface area contributed by atoms with Gasteiger partial charge in [-0.1, -0.05) is 101 Å². The molecule has 1 heteroatoms. The summed E-state index contributed by atoms with van der Waals surface area (Å²) in [6.45, 7) is 5.02. The van der Waals surface area contributed by atoms with Gasteiger partial charge in [-0.25, -0.2) is 0 Å². The molecule has 31 heavy (non-hydrogen) atoms. The Kier molecular flexibility index (Phi) is 13.0. The summed E-state index contributed by atoms with van der Waals surface area (Å²) in [5, 5.41) is 0. The van der Waals surface area contributed by atoms with Gasteiger partial charge >= 0.3 is 0 Å². The number of unbranched alkanes of at least 4 members (excludes halogenated alkanes) is 8. The molecule has 2 aromatic rings. The molecule has 0 fully saturated rings. The summed E-state index contributed by atoms with van der Waals surface area (Å²) in [5.41, 5.74) is 3.50. The van der Waals surface area contributed by atoms with Gasteiger partial charge in [-0.3, -0.25) is 0 Å². The molecule has 0 saturated carbocycles. The van der Waals surface area contributed by atoms with E-state index in [0.717, 1.165) is 23.3 Å². The fraction of sp³-hybridized carbons (Fsp3) is 0.467. The van der Waals surface area contributed by atoms with Crippen LogP contribution in [0.25, 0.3) is 0 Å². The van der Waals surface area contributed by atoms with E-state index in [1.165, 1.54) is 69.8 Å². The third kappa shape index (κ3) is 11.5. The van der Waals surface area contributed by atoms with Crippen molar-refractivity contribution in [2.24, 2.45) is 0 Å². The highest BCUT2D eigenvalue weighted by Crippen LogP contribution is 2.14. The van der Waals surface area contributed by atoms with Gasteiger partial charge in [-0.15, -0.1) is 0 Å². The molecule has 0 aliphatic heterocycles. The van der Waals surface area contributed by atoms with Crippen molar-refractivity contribution in [3.63, 3.8) is 0 Å². The van der Waals surface area contributed by atoms with E-state index < -0.39 is 0 Å². The summed E-state index contributed by atoms with van der Waals surface area (Å²) in [6, 6.07) is 16.8. The molecule has 2 aromatic carbocycles. The van der Waals surface area contributed by atoms with Crippen molar-refractivity contribution in [1.82, 2.24) is 0 Å². The van der Waals surface area contributed by atoms with E-state index in [9.17, 15) is 0 Å². The van der Waals surface area contributed by atoms with Crippen LogP contribution in [0.15, 0.2) is 60.7 Å². The minimum absolute atomic E-state index is 0.615. The van der Waals surface area contributed by atoms with Gasteiger partial charge in [-0.05, 0) is 61.2 Å². The summed E-state index contributed by atoms with van der Waals surface area (Å²) in [7, 11) is 0. The lowest BCUT2D eigenvalue weighted by atomic mass is 10.0. The van der Waals surface area contributed by atoms with Gasteiger partial charge in [0.15, 0.2) is 0 Å². The highest BCUT2D eigenvalue weighted by molar-refractivity contribution is 5.44. The smallest absolute Gasteiger partial charge is 0.119 e. The maximum absolute atomic E-state index is 5.68. The van der Waals surface area contributed by atoms with E-state index in [1.807, 2.05) is 30.3 Å².